The Morgan fingerprint density at radius 3 is 2.48 bits per heavy atom. The molecule has 3 heteroatoms. The van der Waals surface area contributed by atoms with Crippen LogP contribution in [0.25, 0.3) is 0 Å². The Morgan fingerprint density at radius 1 is 1.05 bits per heavy atom. The number of benzene rings is 1. The average molecular weight is 287 g/mol. The van der Waals surface area contributed by atoms with Gasteiger partial charge in [0.25, 0.3) is 0 Å². The van der Waals surface area contributed by atoms with Gasteiger partial charge in [-0.1, -0.05) is 63.6 Å². The third-order valence-corrected chi connectivity index (χ3v) is 4.14. The molecule has 0 saturated carbocycles. The van der Waals surface area contributed by atoms with Gasteiger partial charge in [-0.05, 0) is 18.1 Å². The SMILES string of the molecule is CCCCCCCCCC(=O)C1C(=O)Nc2ccccc21. The third-order valence-electron chi connectivity index (χ3n) is 4.14. The molecule has 114 valence electrons. The molecule has 0 fully saturated rings. The Balaban J connectivity index is 1.75. The molecule has 1 aliphatic heterocycles. The standard InChI is InChI=1S/C18H25NO2/c1-2-3-4-5-6-7-8-13-16(20)17-14-11-9-10-12-15(14)19-18(17)21/h9-12,17H,2-8,13H2,1H3,(H,19,21). The Hall–Kier alpha value is -1.64. The lowest BCUT2D eigenvalue weighted by Gasteiger charge is -2.07. The van der Waals surface area contributed by atoms with Crippen LogP contribution in [0.4, 0.5) is 5.69 Å². The van der Waals surface area contributed by atoms with E-state index in [2.05, 4.69) is 12.2 Å². The van der Waals surface area contributed by atoms with Crippen LogP contribution in [-0.2, 0) is 9.59 Å². The molecule has 3 nitrogen and oxygen atoms in total. The number of amides is 1. The fourth-order valence-corrected chi connectivity index (χ4v) is 2.93. The minimum atomic E-state index is -0.582. The lowest BCUT2D eigenvalue weighted by atomic mass is 9.93. The Kier molecular flexibility index (Phi) is 5.97. The molecule has 1 unspecified atom stereocenters. The van der Waals surface area contributed by atoms with E-state index in [1.165, 1.54) is 32.1 Å². The van der Waals surface area contributed by atoms with Crippen molar-refractivity contribution < 1.29 is 9.59 Å². The minimum Gasteiger partial charge on any atom is -0.325 e. The van der Waals surface area contributed by atoms with Crippen molar-refractivity contribution in [1.29, 1.82) is 0 Å². The molecule has 1 N–H and O–H groups in total. The molecule has 0 saturated heterocycles. The van der Waals surface area contributed by atoms with Crippen molar-refractivity contribution in [1.82, 2.24) is 0 Å². The summed E-state index contributed by atoms with van der Waals surface area (Å²) >= 11 is 0. The number of hydrogen-bond acceptors (Lipinski definition) is 2. The van der Waals surface area contributed by atoms with Crippen LogP contribution in [-0.4, -0.2) is 11.7 Å². The number of para-hydroxylation sites is 1. The van der Waals surface area contributed by atoms with Gasteiger partial charge in [-0.3, -0.25) is 9.59 Å². The second kappa shape index (κ2) is 7.96. The lowest BCUT2D eigenvalue weighted by molar-refractivity contribution is -0.127. The van der Waals surface area contributed by atoms with E-state index in [-0.39, 0.29) is 11.7 Å². The molecule has 1 aromatic rings. The van der Waals surface area contributed by atoms with Crippen molar-refractivity contribution >= 4 is 17.4 Å². The normalized spacial score (nSPS) is 16.6. The van der Waals surface area contributed by atoms with Gasteiger partial charge in [-0.15, -0.1) is 0 Å². The molecule has 1 heterocycles. The van der Waals surface area contributed by atoms with Gasteiger partial charge in [-0.25, -0.2) is 0 Å². The summed E-state index contributed by atoms with van der Waals surface area (Å²) in [6.45, 7) is 2.21. The summed E-state index contributed by atoms with van der Waals surface area (Å²) in [4.78, 5) is 24.2. The average Bonchev–Trinajstić information content (AvgIpc) is 2.82. The number of ketones is 1. The fraction of sp³-hybridized carbons (Fsp3) is 0.556. The summed E-state index contributed by atoms with van der Waals surface area (Å²) in [5.74, 6) is -0.684. The number of nitrogens with one attached hydrogen (secondary N) is 1. The van der Waals surface area contributed by atoms with Crippen LogP contribution in [0.5, 0.6) is 0 Å². The first-order chi connectivity index (χ1) is 10.2. The summed E-state index contributed by atoms with van der Waals surface area (Å²) in [5, 5.41) is 2.79. The van der Waals surface area contributed by atoms with Crippen LogP contribution in [0.2, 0.25) is 0 Å². The molecule has 1 amide bonds. The van der Waals surface area contributed by atoms with Crippen molar-refractivity contribution in [3.05, 3.63) is 29.8 Å². The van der Waals surface area contributed by atoms with E-state index >= 15 is 0 Å². The molecule has 1 atom stereocenters. The van der Waals surface area contributed by atoms with Gasteiger partial charge in [0.1, 0.15) is 11.7 Å². The highest BCUT2D eigenvalue weighted by atomic mass is 16.2. The highest BCUT2D eigenvalue weighted by Crippen LogP contribution is 2.33. The van der Waals surface area contributed by atoms with Crippen LogP contribution < -0.4 is 5.32 Å². The van der Waals surface area contributed by atoms with Crippen molar-refractivity contribution in [2.24, 2.45) is 0 Å². The first kappa shape index (κ1) is 15.7. The molecule has 0 aliphatic carbocycles. The quantitative estimate of drug-likeness (QED) is 0.539. The zero-order valence-corrected chi connectivity index (χ0v) is 12.9. The van der Waals surface area contributed by atoms with E-state index < -0.39 is 5.92 Å². The lowest BCUT2D eigenvalue weighted by Crippen LogP contribution is -2.20. The molecule has 0 radical (unpaired) electrons. The van der Waals surface area contributed by atoms with E-state index in [0.29, 0.717) is 6.42 Å². The molecule has 1 aliphatic rings. The van der Waals surface area contributed by atoms with Crippen LogP contribution in [0.15, 0.2) is 24.3 Å². The number of carbonyl (C=O) groups excluding carboxylic acids is 2. The van der Waals surface area contributed by atoms with Crippen molar-refractivity contribution in [3.63, 3.8) is 0 Å². The summed E-state index contributed by atoms with van der Waals surface area (Å²) < 4.78 is 0. The van der Waals surface area contributed by atoms with E-state index in [9.17, 15) is 9.59 Å². The van der Waals surface area contributed by atoms with Gasteiger partial charge < -0.3 is 5.32 Å². The van der Waals surface area contributed by atoms with Crippen molar-refractivity contribution in [2.45, 2.75) is 64.2 Å². The third kappa shape index (κ3) is 4.16. The number of rotatable bonds is 9. The van der Waals surface area contributed by atoms with E-state index in [1.54, 1.807) is 0 Å². The second-order valence-corrected chi connectivity index (χ2v) is 5.85. The van der Waals surface area contributed by atoms with Gasteiger partial charge in [0.05, 0.1) is 0 Å². The van der Waals surface area contributed by atoms with Crippen LogP contribution in [0, 0.1) is 0 Å². The maximum absolute atomic E-state index is 12.3. The number of carbonyl (C=O) groups is 2. The Morgan fingerprint density at radius 2 is 1.71 bits per heavy atom. The van der Waals surface area contributed by atoms with E-state index in [1.807, 2.05) is 24.3 Å². The predicted octanol–water partition coefficient (Wildman–Crippen LogP) is 4.43. The number of anilines is 1. The Bertz CT molecular complexity index is 496. The summed E-state index contributed by atoms with van der Waals surface area (Å²) in [5.41, 5.74) is 1.64. The van der Waals surface area contributed by atoms with Crippen molar-refractivity contribution in [3.8, 4) is 0 Å². The minimum absolute atomic E-state index is 0.0611. The number of Topliss-reactive ketones (excluding diaryl/α,β-unsaturated/α-hetero) is 1. The molecular formula is C18H25NO2. The van der Waals surface area contributed by atoms with Gasteiger partial charge >= 0.3 is 0 Å². The Labute approximate surface area is 127 Å². The molecular weight excluding hydrogens is 262 g/mol. The molecule has 21 heavy (non-hydrogen) atoms. The monoisotopic (exact) mass is 287 g/mol. The fourth-order valence-electron chi connectivity index (χ4n) is 2.93. The number of fused-ring (bicyclic) bond motifs is 1. The smallest absolute Gasteiger partial charge is 0.239 e. The zero-order chi connectivity index (χ0) is 15.1. The van der Waals surface area contributed by atoms with Gasteiger partial charge in [0.2, 0.25) is 5.91 Å². The molecule has 1 aromatic carbocycles. The second-order valence-electron chi connectivity index (χ2n) is 5.85. The topological polar surface area (TPSA) is 46.2 Å². The maximum Gasteiger partial charge on any atom is 0.239 e. The maximum atomic E-state index is 12.3. The summed E-state index contributed by atoms with van der Waals surface area (Å²) in [6, 6.07) is 7.49. The van der Waals surface area contributed by atoms with E-state index in [0.717, 1.165) is 24.1 Å². The van der Waals surface area contributed by atoms with Gasteiger partial charge in [0.15, 0.2) is 0 Å². The largest absolute Gasteiger partial charge is 0.325 e. The van der Waals surface area contributed by atoms with E-state index in [4.69, 9.17) is 0 Å². The van der Waals surface area contributed by atoms with Gasteiger partial charge in [-0.2, -0.15) is 0 Å². The molecule has 2 rings (SSSR count). The number of unbranched alkanes of at least 4 members (excludes halogenated alkanes) is 6. The first-order valence-corrected chi connectivity index (χ1v) is 8.16. The molecule has 0 bridgehead atoms. The first-order valence-electron chi connectivity index (χ1n) is 8.16. The molecule has 0 aromatic heterocycles. The molecule has 0 spiro atoms. The highest BCUT2D eigenvalue weighted by Gasteiger charge is 2.35. The number of hydrogen-bond donors (Lipinski definition) is 1. The van der Waals surface area contributed by atoms with Crippen LogP contribution in [0.1, 0.15) is 69.8 Å². The zero-order valence-electron chi connectivity index (χ0n) is 12.9. The van der Waals surface area contributed by atoms with Crippen LogP contribution in [0.3, 0.4) is 0 Å². The summed E-state index contributed by atoms with van der Waals surface area (Å²) in [7, 11) is 0. The van der Waals surface area contributed by atoms with Crippen molar-refractivity contribution in [2.75, 3.05) is 5.32 Å². The highest BCUT2D eigenvalue weighted by molar-refractivity contribution is 6.16. The van der Waals surface area contributed by atoms with Gasteiger partial charge in [0, 0.05) is 12.1 Å². The summed E-state index contributed by atoms with van der Waals surface area (Å²) in [6.07, 6.45) is 8.81. The predicted molar refractivity (Wildman–Crippen MR) is 85.4 cm³/mol. The van der Waals surface area contributed by atoms with Crippen LogP contribution >= 0.6 is 0 Å².